The number of carboxylic acids is 1. The molecule has 6 aromatic rings. The van der Waals surface area contributed by atoms with Gasteiger partial charge >= 0.3 is 5.97 Å². The van der Waals surface area contributed by atoms with Gasteiger partial charge in [-0.1, -0.05) is 30.3 Å². The molecule has 8 heteroatoms. The van der Waals surface area contributed by atoms with E-state index in [1.807, 2.05) is 91.0 Å². The Hall–Kier alpha value is -4.55. The first-order valence-corrected chi connectivity index (χ1v) is 12.1. The minimum absolute atomic E-state index is 0. The maximum Gasteiger partial charge on any atom is 0.335 e. The molecule has 2 aromatic carbocycles. The standard InChI is InChI=1S/C11H8N2O2.2C11H8N.ClH.Ir/c14-11(15)8-4-6-13-10(7-8)9-3-1-2-5-12-9;2*1-2-6-10(7-3-1)11-8-4-5-9-12-11;;/h1-7H,(H,14,15);2*1-6,8-9H;1H;/q;2*-1;;. The van der Waals surface area contributed by atoms with Crippen molar-refractivity contribution in [3.05, 3.63) is 158 Å². The van der Waals surface area contributed by atoms with Crippen LogP contribution in [0.15, 0.2) is 140 Å². The van der Waals surface area contributed by atoms with Gasteiger partial charge in [-0.25, -0.2) is 4.79 Å². The minimum atomic E-state index is -0.963. The molecule has 0 atom stereocenters. The molecule has 0 aliphatic carbocycles. The Balaban J connectivity index is 0.000000212. The number of aromatic nitrogens is 4. The molecule has 4 aromatic heterocycles. The number of pyridine rings is 4. The molecule has 0 aliphatic rings. The molecule has 0 bridgehead atoms. The van der Waals surface area contributed by atoms with E-state index in [1.165, 1.54) is 18.3 Å². The van der Waals surface area contributed by atoms with Crippen molar-refractivity contribution in [2.75, 3.05) is 0 Å². The monoisotopic (exact) mass is 737 g/mol. The van der Waals surface area contributed by atoms with Crippen molar-refractivity contribution in [1.29, 1.82) is 0 Å². The number of hydrogen-bond acceptors (Lipinski definition) is 5. The van der Waals surface area contributed by atoms with E-state index < -0.39 is 5.97 Å². The number of hydrogen-bond donors (Lipinski definition) is 1. The molecule has 1 N–H and O–H groups in total. The zero-order valence-electron chi connectivity index (χ0n) is 21.7. The first-order chi connectivity index (χ1) is 19.2. The van der Waals surface area contributed by atoms with Crippen molar-refractivity contribution < 1.29 is 30.0 Å². The Morgan fingerprint density at radius 1 is 0.537 bits per heavy atom. The number of aromatic carboxylic acids is 1. The van der Waals surface area contributed by atoms with E-state index in [2.05, 4.69) is 32.1 Å². The van der Waals surface area contributed by atoms with Crippen LogP contribution in [0.3, 0.4) is 0 Å². The molecule has 41 heavy (non-hydrogen) atoms. The quantitative estimate of drug-likeness (QED) is 0.191. The summed E-state index contributed by atoms with van der Waals surface area (Å²) < 4.78 is 0. The molecule has 0 saturated carbocycles. The molecule has 0 unspecified atom stereocenters. The molecule has 0 amide bonds. The van der Waals surface area contributed by atoms with Crippen molar-refractivity contribution in [3.63, 3.8) is 0 Å². The van der Waals surface area contributed by atoms with Crippen LogP contribution in [-0.2, 0) is 20.1 Å². The third-order valence-electron chi connectivity index (χ3n) is 5.23. The Labute approximate surface area is 259 Å². The van der Waals surface area contributed by atoms with Crippen molar-refractivity contribution in [2.45, 2.75) is 0 Å². The Morgan fingerprint density at radius 3 is 1.37 bits per heavy atom. The first kappa shape index (κ1) is 32.7. The molecule has 1 radical (unpaired) electrons. The molecule has 0 fully saturated rings. The van der Waals surface area contributed by atoms with Gasteiger partial charge in [0.25, 0.3) is 0 Å². The summed E-state index contributed by atoms with van der Waals surface area (Å²) in [5.41, 5.74) is 5.47. The van der Waals surface area contributed by atoms with Crippen LogP contribution in [0.1, 0.15) is 10.4 Å². The summed E-state index contributed by atoms with van der Waals surface area (Å²) >= 11 is 0. The van der Waals surface area contributed by atoms with Gasteiger partial charge in [-0.05, 0) is 47.8 Å². The van der Waals surface area contributed by atoms with Gasteiger partial charge in [0.2, 0.25) is 0 Å². The second-order valence-electron chi connectivity index (χ2n) is 7.93. The van der Waals surface area contributed by atoms with E-state index in [0.717, 1.165) is 22.5 Å². The van der Waals surface area contributed by atoms with E-state index in [1.54, 1.807) is 30.7 Å². The third-order valence-corrected chi connectivity index (χ3v) is 5.23. The van der Waals surface area contributed by atoms with Crippen LogP contribution in [0.2, 0.25) is 0 Å². The van der Waals surface area contributed by atoms with Gasteiger partial charge in [0.05, 0.1) is 17.0 Å². The average Bonchev–Trinajstić information content (AvgIpc) is 3.04. The Bertz CT molecular complexity index is 1410. The molecule has 0 saturated heterocycles. The topological polar surface area (TPSA) is 88.9 Å². The third kappa shape index (κ3) is 10.5. The molecule has 6 rings (SSSR count). The second kappa shape index (κ2) is 17.9. The van der Waals surface area contributed by atoms with Crippen molar-refractivity contribution in [1.82, 2.24) is 19.9 Å². The van der Waals surface area contributed by atoms with Gasteiger partial charge in [0.1, 0.15) is 0 Å². The van der Waals surface area contributed by atoms with E-state index in [4.69, 9.17) is 5.11 Å². The summed E-state index contributed by atoms with van der Waals surface area (Å²) in [6.45, 7) is 0. The summed E-state index contributed by atoms with van der Waals surface area (Å²) in [5, 5.41) is 8.81. The predicted molar refractivity (Wildman–Crippen MR) is 159 cm³/mol. The van der Waals surface area contributed by atoms with Crippen LogP contribution in [-0.4, -0.2) is 31.0 Å². The van der Waals surface area contributed by atoms with Crippen LogP contribution >= 0.6 is 12.4 Å². The van der Waals surface area contributed by atoms with Crippen LogP contribution in [0.5, 0.6) is 0 Å². The van der Waals surface area contributed by atoms with Crippen molar-refractivity contribution >= 4 is 18.4 Å². The van der Waals surface area contributed by atoms with Gasteiger partial charge in [-0.15, -0.1) is 84.2 Å². The van der Waals surface area contributed by atoms with Crippen molar-refractivity contribution in [2.24, 2.45) is 0 Å². The molecular weight excluding hydrogens is 712 g/mol. The minimum Gasteiger partial charge on any atom is -0.478 e. The van der Waals surface area contributed by atoms with E-state index in [-0.39, 0.29) is 38.1 Å². The Kier molecular flexibility index (Phi) is 14.3. The molecule has 0 spiro atoms. The van der Waals surface area contributed by atoms with Gasteiger partial charge in [-0.3, -0.25) is 9.97 Å². The molecule has 0 aliphatic heterocycles. The maximum atomic E-state index is 10.7. The summed E-state index contributed by atoms with van der Waals surface area (Å²) in [4.78, 5) is 27.3. The molecule has 6 nitrogen and oxygen atoms in total. The molecule has 4 heterocycles. The fourth-order valence-corrected chi connectivity index (χ4v) is 3.37. The maximum absolute atomic E-state index is 10.7. The number of benzene rings is 2. The smallest absolute Gasteiger partial charge is 0.335 e. The van der Waals surface area contributed by atoms with Crippen molar-refractivity contribution in [3.8, 4) is 33.9 Å². The normalized spacial score (nSPS) is 9.27. The Morgan fingerprint density at radius 2 is 0.976 bits per heavy atom. The fourth-order valence-electron chi connectivity index (χ4n) is 3.37. The number of carbonyl (C=O) groups is 1. The van der Waals surface area contributed by atoms with Gasteiger partial charge in [0.15, 0.2) is 0 Å². The van der Waals surface area contributed by atoms with E-state index in [0.29, 0.717) is 11.4 Å². The van der Waals surface area contributed by atoms with Crippen LogP contribution in [0.25, 0.3) is 33.9 Å². The predicted octanol–water partition coefficient (Wildman–Crippen LogP) is 7.36. The summed E-state index contributed by atoms with van der Waals surface area (Å²) in [6.07, 6.45) is 6.68. The number of nitrogens with zero attached hydrogens (tertiary/aromatic N) is 4. The second-order valence-corrected chi connectivity index (χ2v) is 7.93. The number of carboxylic acid groups (broad SMARTS) is 1. The molecular formula is C33H25ClIrN4O2-2. The van der Waals surface area contributed by atoms with Crippen LogP contribution in [0, 0.1) is 12.1 Å². The zero-order chi connectivity index (χ0) is 27.1. The van der Waals surface area contributed by atoms with Gasteiger partial charge in [0, 0.05) is 44.9 Å². The summed E-state index contributed by atoms with van der Waals surface area (Å²) in [5.74, 6) is -0.963. The summed E-state index contributed by atoms with van der Waals surface area (Å²) in [6, 6.07) is 42.0. The van der Waals surface area contributed by atoms with E-state index >= 15 is 0 Å². The number of rotatable bonds is 4. The first-order valence-electron chi connectivity index (χ1n) is 12.1. The SMILES string of the molecule is Cl.O=C(O)c1ccnc(-c2ccccn2)c1.[Ir].[c-]1ccccc1-c1ccccn1.[c-]1ccccc1-c1ccccn1. The number of halogens is 1. The fraction of sp³-hybridized carbons (Fsp3) is 0. The average molecular weight is 737 g/mol. The van der Waals surface area contributed by atoms with Crippen LogP contribution in [0.4, 0.5) is 0 Å². The largest absolute Gasteiger partial charge is 0.478 e. The van der Waals surface area contributed by atoms with E-state index in [9.17, 15) is 4.79 Å². The summed E-state index contributed by atoms with van der Waals surface area (Å²) in [7, 11) is 0. The van der Waals surface area contributed by atoms with Gasteiger partial charge < -0.3 is 15.1 Å². The van der Waals surface area contributed by atoms with Gasteiger partial charge in [-0.2, -0.15) is 0 Å². The zero-order valence-corrected chi connectivity index (χ0v) is 24.9. The molecule has 207 valence electrons. The van der Waals surface area contributed by atoms with Crippen LogP contribution < -0.4 is 0 Å².